The van der Waals surface area contributed by atoms with E-state index in [1.807, 2.05) is 30.3 Å². The normalized spacial score (nSPS) is 16.3. The molecule has 1 fully saturated rings. The minimum Gasteiger partial charge on any atom is -0.457 e. The Hall–Kier alpha value is -3.35. The minimum atomic E-state index is -0.594. The van der Waals surface area contributed by atoms with E-state index in [0.29, 0.717) is 36.4 Å². The molecule has 2 N–H and O–H groups in total. The third-order valence-corrected chi connectivity index (χ3v) is 4.57. The molecule has 1 saturated heterocycles. The van der Waals surface area contributed by atoms with Crippen LogP contribution in [-0.2, 0) is 14.3 Å². The Morgan fingerprint density at radius 1 is 1.00 bits per heavy atom. The molecule has 1 heterocycles. The quantitative estimate of drug-likeness (QED) is 0.773. The molecule has 2 aromatic rings. The van der Waals surface area contributed by atoms with Gasteiger partial charge in [-0.15, -0.1) is 0 Å². The summed E-state index contributed by atoms with van der Waals surface area (Å²) in [6.07, 6.45) is 1.38. The number of ether oxygens (including phenoxy) is 2. The number of amides is 2. The molecule has 0 aromatic heterocycles. The van der Waals surface area contributed by atoms with Crippen LogP contribution in [0, 0.1) is 5.92 Å². The fourth-order valence-corrected chi connectivity index (χ4v) is 3.02. The van der Waals surface area contributed by atoms with Crippen LogP contribution in [0.25, 0.3) is 0 Å². The molecule has 146 valence electrons. The third kappa shape index (κ3) is 5.09. The first-order chi connectivity index (χ1) is 13.5. The van der Waals surface area contributed by atoms with Gasteiger partial charge in [-0.25, -0.2) is 4.79 Å². The van der Waals surface area contributed by atoms with Crippen molar-refractivity contribution in [1.29, 1.82) is 0 Å². The molecular weight excluding hydrogens is 360 g/mol. The monoisotopic (exact) mass is 382 g/mol. The second-order valence-electron chi connectivity index (χ2n) is 6.60. The van der Waals surface area contributed by atoms with Crippen molar-refractivity contribution in [1.82, 2.24) is 4.90 Å². The van der Waals surface area contributed by atoms with Crippen LogP contribution >= 0.6 is 0 Å². The molecule has 7 nitrogen and oxygen atoms in total. The van der Waals surface area contributed by atoms with Gasteiger partial charge in [-0.05, 0) is 49.2 Å². The number of nitrogens with zero attached hydrogens (tertiary/aromatic N) is 1. The van der Waals surface area contributed by atoms with E-state index in [0.717, 1.165) is 0 Å². The third-order valence-electron chi connectivity index (χ3n) is 4.57. The van der Waals surface area contributed by atoms with Crippen molar-refractivity contribution >= 4 is 17.8 Å². The van der Waals surface area contributed by atoms with Crippen LogP contribution < -0.4 is 10.5 Å². The first-order valence-corrected chi connectivity index (χ1v) is 9.10. The molecular formula is C21H22N2O5. The SMILES string of the molecule is NC(=O)[C@H]1CCCN(C(=O)COC(=O)c2ccc(Oc3ccccc3)cc2)C1. The summed E-state index contributed by atoms with van der Waals surface area (Å²) in [6.45, 7) is 0.440. The lowest BCUT2D eigenvalue weighted by Crippen LogP contribution is -2.45. The van der Waals surface area contributed by atoms with E-state index in [2.05, 4.69) is 0 Å². The number of carbonyl (C=O) groups excluding carboxylic acids is 3. The number of piperidine rings is 1. The number of hydrogen-bond donors (Lipinski definition) is 1. The average Bonchev–Trinajstić information content (AvgIpc) is 2.73. The number of para-hydroxylation sites is 1. The summed E-state index contributed by atoms with van der Waals surface area (Å²) in [5, 5.41) is 0. The Balaban J connectivity index is 1.50. The van der Waals surface area contributed by atoms with E-state index < -0.39 is 11.9 Å². The first-order valence-electron chi connectivity index (χ1n) is 9.10. The van der Waals surface area contributed by atoms with Gasteiger partial charge in [0.25, 0.3) is 5.91 Å². The summed E-state index contributed by atoms with van der Waals surface area (Å²) in [5.74, 6) is -0.395. The molecule has 0 aliphatic carbocycles. The molecule has 0 radical (unpaired) electrons. The molecule has 1 aliphatic heterocycles. The van der Waals surface area contributed by atoms with Gasteiger partial charge in [0.15, 0.2) is 6.61 Å². The van der Waals surface area contributed by atoms with Crippen LogP contribution in [0.4, 0.5) is 0 Å². The standard InChI is InChI=1S/C21H22N2O5/c22-20(25)16-5-4-12-23(13-16)19(24)14-27-21(26)15-8-10-18(11-9-15)28-17-6-2-1-3-7-17/h1-3,6-11,16H,4-5,12-14H2,(H2,22,25)/t16-/m0/s1. The topological polar surface area (TPSA) is 98.9 Å². The zero-order valence-electron chi connectivity index (χ0n) is 15.4. The Bertz CT molecular complexity index is 836. The maximum Gasteiger partial charge on any atom is 0.338 e. The number of hydrogen-bond acceptors (Lipinski definition) is 5. The van der Waals surface area contributed by atoms with Gasteiger partial charge >= 0.3 is 5.97 Å². The Labute approximate surface area is 163 Å². The van der Waals surface area contributed by atoms with Gasteiger partial charge in [0.05, 0.1) is 11.5 Å². The van der Waals surface area contributed by atoms with Gasteiger partial charge in [-0.1, -0.05) is 18.2 Å². The smallest absolute Gasteiger partial charge is 0.338 e. The zero-order valence-corrected chi connectivity index (χ0v) is 15.4. The fourth-order valence-electron chi connectivity index (χ4n) is 3.02. The van der Waals surface area contributed by atoms with Crippen LogP contribution in [0.3, 0.4) is 0 Å². The summed E-state index contributed by atoms with van der Waals surface area (Å²) in [7, 11) is 0. The lowest BCUT2D eigenvalue weighted by Gasteiger charge is -2.31. The second-order valence-corrected chi connectivity index (χ2v) is 6.60. The predicted octanol–water partition coefficient (Wildman–Crippen LogP) is 2.36. The maximum atomic E-state index is 12.2. The van der Waals surface area contributed by atoms with Crippen molar-refractivity contribution in [3.63, 3.8) is 0 Å². The molecule has 1 aliphatic rings. The number of benzene rings is 2. The second kappa shape index (κ2) is 9.03. The van der Waals surface area contributed by atoms with Crippen LogP contribution in [0.1, 0.15) is 23.2 Å². The summed E-state index contributed by atoms with van der Waals surface area (Å²) >= 11 is 0. The highest BCUT2D eigenvalue weighted by Gasteiger charge is 2.27. The van der Waals surface area contributed by atoms with E-state index in [-0.39, 0.29) is 25.0 Å². The highest BCUT2D eigenvalue weighted by atomic mass is 16.5. The molecule has 0 unspecified atom stereocenters. The first kappa shape index (κ1) is 19.4. The molecule has 7 heteroatoms. The minimum absolute atomic E-state index is 0.275. The van der Waals surface area contributed by atoms with Gasteiger partial charge in [0.2, 0.25) is 5.91 Å². The lowest BCUT2D eigenvalue weighted by molar-refractivity contribution is -0.137. The molecule has 0 saturated carbocycles. The molecule has 1 atom stereocenters. The van der Waals surface area contributed by atoms with Crippen LogP contribution in [-0.4, -0.2) is 42.4 Å². The molecule has 28 heavy (non-hydrogen) atoms. The average molecular weight is 382 g/mol. The molecule has 0 bridgehead atoms. The van der Waals surface area contributed by atoms with Crippen molar-refractivity contribution in [2.75, 3.05) is 19.7 Å². The van der Waals surface area contributed by atoms with Gasteiger partial charge in [-0.3, -0.25) is 9.59 Å². The van der Waals surface area contributed by atoms with Crippen molar-refractivity contribution in [3.8, 4) is 11.5 Å². The van der Waals surface area contributed by atoms with E-state index in [9.17, 15) is 14.4 Å². The highest BCUT2D eigenvalue weighted by Crippen LogP contribution is 2.21. The molecule has 0 spiro atoms. The zero-order chi connectivity index (χ0) is 19.9. The molecule has 2 amide bonds. The number of primary amides is 1. The van der Waals surface area contributed by atoms with Gasteiger partial charge in [0, 0.05) is 13.1 Å². The van der Waals surface area contributed by atoms with E-state index in [1.165, 1.54) is 4.90 Å². The van der Waals surface area contributed by atoms with Crippen LogP contribution in [0.2, 0.25) is 0 Å². The van der Waals surface area contributed by atoms with Crippen molar-refractivity contribution in [3.05, 3.63) is 60.2 Å². The Kier molecular flexibility index (Phi) is 6.26. The number of carbonyl (C=O) groups is 3. The number of nitrogens with two attached hydrogens (primary N) is 1. The van der Waals surface area contributed by atoms with Gasteiger partial charge in [0.1, 0.15) is 11.5 Å². The maximum absolute atomic E-state index is 12.2. The number of rotatable bonds is 6. The largest absolute Gasteiger partial charge is 0.457 e. The number of likely N-dealkylation sites (tertiary alicyclic amines) is 1. The predicted molar refractivity (Wildman–Crippen MR) is 102 cm³/mol. The van der Waals surface area contributed by atoms with E-state index in [4.69, 9.17) is 15.2 Å². The molecule has 3 rings (SSSR count). The van der Waals surface area contributed by atoms with Crippen LogP contribution in [0.5, 0.6) is 11.5 Å². The van der Waals surface area contributed by atoms with Crippen molar-refractivity contribution in [2.45, 2.75) is 12.8 Å². The van der Waals surface area contributed by atoms with E-state index in [1.54, 1.807) is 24.3 Å². The summed E-state index contributed by atoms with van der Waals surface area (Å²) < 4.78 is 10.8. The summed E-state index contributed by atoms with van der Waals surface area (Å²) in [6, 6.07) is 15.8. The fraction of sp³-hybridized carbons (Fsp3) is 0.286. The lowest BCUT2D eigenvalue weighted by atomic mass is 9.97. The van der Waals surface area contributed by atoms with Crippen molar-refractivity contribution in [2.24, 2.45) is 11.7 Å². The van der Waals surface area contributed by atoms with E-state index >= 15 is 0 Å². The van der Waals surface area contributed by atoms with Gasteiger partial charge < -0.3 is 20.1 Å². The Morgan fingerprint density at radius 2 is 1.68 bits per heavy atom. The van der Waals surface area contributed by atoms with Gasteiger partial charge in [-0.2, -0.15) is 0 Å². The Morgan fingerprint density at radius 3 is 2.36 bits per heavy atom. The van der Waals surface area contributed by atoms with Crippen molar-refractivity contribution < 1.29 is 23.9 Å². The molecule has 2 aromatic carbocycles. The summed E-state index contributed by atoms with van der Waals surface area (Å²) in [5.41, 5.74) is 5.64. The number of esters is 1. The van der Waals surface area contributed by atoms with Crippen LogP contribution in [0.15, 0.2) is 54.6 Å². The highest BCUT2D eigenvalue weighted by molar-refractivity contribution is 5.91. The summed E-state index contributed by atoms with van der Waals surface area (Å²) in [4.78, 5) is 37.2.